The van der Waals surface area contributed by atoms with Crippen molar-refractivity contribution in [1.82, 2.24) is 15.5 Å². The molecule has 2 aromatic carbocycles. The fourth-order valence-corrected chi connectivity index (χ4v) is 3.24. The summed E-state index contributed by atoms with van der Waals surface area (Å²) >= 11 is 1.63. The van der Waals surface area contributed by atoms with Crippen molar-refractivity contribution in [3.8, 4) is 0 Å². The number of hydrogen-bond donors (Lipinski definition) is 2. The van der Waals surface area contributed by atoms with Crippen molar-refractivity contribution in [2.45, 2.75) is 17.9 Å². The van der Waals surface area contributed by atoms with E-state index in [1.165, 1.54) is 29.2 Å². The van der Waals surface area contributed by atoms with E-state index in [0.29, 0.717) is 19.0 Å². The number of nitro benzene ring substituents is 1. The quantitative estimate of drug-likeness (QED) is 0.0854. The lowest BCUT2D eigenvalue weighted by atomic mass is 10.2. The Bertz CT molecular complexity index is 895. The van der Waals surface area contributed by atoms with Crippen LogP contribution in [0.15, 0.2) is 58.4 Å². The smallest absolute Gasteiger partial charge is 0.269 e. The Kier molecular flexibility index (Phi) is 12.6. The number of nitrogens with zero attached hydrogens (tertiary/aromatic N) is 3. The summed E-state index contributed by atoms with van der Waals surface area (Å²) in [4.78, 5) is 29.1. The molecule has 0 bridgehead atoms. The molecule has 2 rings (SSSR count). The number of carbonyl (C=O) groups is 1. The van der Waals surface area contributed by atoms with Gasteiger partial charge in [-0.15, -0.1) is 35.7 Å². The minimum absolute atomic E-state index is 0. The lowest BCUT2D eigenvalue weighted by Crippen LogP contribution is -2.43. The van der Waals surface area contributed by atoms with E-state index in [1.807, 2.05) is 0 Å². The topological polar surface area (TPSA) is 99.9 Å². The Labute approximate surface area is 208 Å². The van der Waals surface area contributed by atoms with Crippen molar-refractivity contribution >= 4 is 53.3 Å². The molecule has 0 aliphatic heterocycles. The number of rotatable bonds is 10. The van der Waals surface area contributed by atoms with Gasteiger partial charge in [0.05, 0.1) is 18.0 Å². The van der Waals surface area contributed by atoms with Gasteiger partial charge in [0.2, 0.25) is 5.91 Å². The number of likely N-dealkylation sites (N-methyl/N-ethyl adjacent to an activating group) is 1. The summed E-state index contributed by atoms with van der Waals surface area (Å²) in [5.74, 6) is 0.987. The molecule has 0 aliphatic rings. The molecule has 0 saturated carbocycles. The molecule has 0 unspecified atom stereocenters. The predicted octanol–water partition coefficient (Wildman–Crippen LogP) is 3.66. The summed E-state index contributed by atoms with van der Waals surface area (Å²) in [6, 6.07) is 12.6. The summed E-state index contributed by atoms with van der Waals surface area (Å²) in [5.41, 5.74) is 0.844. The molecule has 0 aliphatic carbocycles. The molecule has 174 valence electrons. The molecule has 0 heterocycles. The number of hydrogen-bond acceptors (Lipinski definition) is 5. The lowest BCUT2D eigenvalue weighted by molar-refractivity contribution is -0.384. The van der Waals surface area contributed by atoms with E-state index in [4.69, 9.17) is 0 Å². The van der Waals surface area contributed by atoms with E-state index in [0.717, 1.165) is 22.6 Å². The van der Waals surface area contributed by atoms with E-state index in [9.17, 15) is 19.3 Å². The van der Waals surface area contributed by atoms with Gasteiger partial charge >= 0.3 is 0 Å². The number of aliphatic imine (C=N–C) groups is 1. The number of amides is 1. The highest BCUT2D eigenvalue weighted by Gasteiger charge is 2.07. The first-order chi connectivity index (χ1) is 14.8. The Balaban J connectivity index is 0.00000512. The van der Waals surface area contributed by atoms with Gasteiger partial charge in [0.15, 0.2) is 5.96 Å². The largest absolute Gasteiger partial charge is 0.356 e. The number of nitrogens with one attached hydrogen (secondary N) is 2. The zero-order chi connectivity index (χ0) is 22.6. The number of carbonyl (C=O) groups excluding carboxylic acids is 1. The molecule has 2 aromatic rings. The Morgan fingerprint density at radius 2 is 1.78 bits per heavy atom. The van der Waals surface area contributed by atoms with Crippen molar-refractivity contribution in [3.63, 3.8) is 0 Å². The highest BCUT2D eigenvalue weighted by atomic mass is 127. The minimum atomic E-state index is -0.446. The third kappa shape index (κ3) is 10.3. The normalized spacial score (nSPS) is 10.8. The second-order valence-electron chi connectivity index (χ2n) is 6.81. The molecular weight excluding hydrogens is 548 g/mol. The molecular formula is C21H27FIN5O3S. The van der Waals surface area contributed by atoms with Gasteiger partial charge in [0.25, 0.3) is 5.69 Å². The van der Waals surface area contributed by atoms with Crippen molar-refractivity contribution < 1.29 is 14.1 Å². The maximum absolute atomic E-state index is 13.0. The zero-order valence-electron chi connectivity index (χ0n) is 17.9. The molecule has 0 fully saturated rings. The van der Waals surface area contributed by atoms with Crippen LogP contribution in [0.2, 0.25) is 0 Å². The van der Waals surface area contributed by atoms with Gasteiger partial charge in [-0.2, -0.15) is 0 Å². The van der Waals surface area contributed by atoms with Crippen molar-refractivity contribution in [2.75, 3.05) is 32.9 Å². The minimum Gasteiger partial charge on any atom is -0.356 e. The standard InChI is InChI=1S/C21H26FN5O3S.HI/c1-26(2)20(28)15-25-21(24-14-16-4-8-18(9-5-16)27(29)30)23-12-3-13-31-19-10-6-17(22)7-11-19;/h4-11H,3,12-15H2,1-2H3,(H2,23,24,25);1H. The average molecular weight is 575 g/mol. The summed E-state index contributed by atoms with van der Waals surface area (Å²) in [7, 11) is 3.36. The first kappa shape index (κ1) is 27.6. The zero-order valence-corrected chi connectivity index (χ0v) is 21.1. The predicted molar refractivity (Wildman–Crippen MR) is 136 cm³/mol. The Morgan fingerprint density at radius 3 is 2.38 bits per heavy atom. The lowest BCUT2D eigenvalue weighted by Gasteiger charge is -2.15. The first-order valence-electron chi connectivity index (χ1n) is 9.69. The van der Waals surface area contributed by atoms with E-state index in [-0.39, 0.29) is 47.9 Å². The van der Waals surface area contributed by atoms with E-state index < -0.39 is 4.92 Å². The first-order valence-corrected chi connectivity index (χ1v) is 10.7. The second kappa shape index (κ2) is 14.6. The van der Waals surface area contributed by atoms with Gasteiger partial charge in [-0.25, -0.2) is 9.38 Å². The molecule has 8 nitrogen and oxygen atoms in total. The number of guanidine groups is 1. The van der Waals surface area contributed by atoms with Crippen LogP contribution in [0, 0.1) is 15.9 Å². The van der Waals surface area contributed by atoms with E-state index >= 15 is 0 Å². The molecule has 0 atom stereocenters. The van der Waals surface area contributed by atoms with Crippen LogP contribution < -0.4 is 10.6 Å². The van der Waals surface area contributed by atoms with Gasteiger partial charge in [0, 0.05) is 37.7 Å². The third-order valence-electron chi connectivity index (χ3n) is 4.17. The number of benzene rings is 2. The van der Waals surface area contributed by atoms with Crippen LogP contribution in [0.5, 0.6) is 0 Å². The maximum Gasteiger partial charge on any atom is 0.269 e. The molecule has 2 N–H and O–H groups in total. The monoisotopic (exact) mass is 575 g/mol. The maximum atomic E-state index is 13.0. The fourth-order valence-electron chi connectivity index (χ4n) is 2.38. The molecule has 0 radical (unpaired) electrons. The van der Waals surface area contributed by atoms with E-state index in [1.54, 1.807) is 50.1 Å². The van der Waals surface area contributed by atoms with E-state index in [2.05, 4.69) is 15.6 Å². The number of thioether (sulfide) groups is 1. The SMILES string of the molecule is CN(C)C(=O)CNC(=NCc1ccc([N+](=O)[O-])cc1)NCCCSc1ccc(F)cc1.I. The average Bonchev–Trinajstić information content (AvgIpc) is 2.76. The fraction of sp³-hybridized carbons (Fsp3) is 0.333. The van der Waals surface area contributed by atoms with Gasteiger partial charge in [-0.1, -0.05) is 12.1 Å². The summed E-state index contributed by atoms with van der Waals surface area (Å²) in [5, 5.41) is 17.0. The van der Waals surface area contributed by atoms with Crippen LogP contribution in [-0.2, 0) is 11.3 Å². The van der Waals surface area contributed by atoms with Crippen LogP contribution in [0.1, 0.15) is 12.0 Å². The summed E-state index contributed by atoms with van der Waals surface area (Å²) in [6.07, 6.45) is 0.835. The Morgan fingerprint density at radius 1 is 1.12 bits per heavy atom. The van der Waals surface area contributed by atoms with Gasteiger partial charge < -0.3 is 15.5 Å². The number of non-ortho nitro benzene ring substituents is 1. The second-order valence-corrected chi connectivity index (χ2v) is 7.98. The number of nitro groups is 1. The van der Waals surface area contributed by atoms with Crippen molar-refractivity contribution in [2.24, 2.45) is 4.99 Å². The van der Waals surface area contributed by atoms with Crippen molar-refractivity contribution in [3.05, 3.63) is 70.0 Å². The van der Waals surface area contributed by atoms with Crippen molar-refractivity contribution in [1.29, 1.82) is 0 Å². The van der Waals surface area contributed by atoms with Crippen LogP contribution in [-0.4, -0.2) is 54.6 Å². The summed E-state index contributed by atoms with van der Waals surface area (Å²) in [6.45, 7) is 1.05. The molecule has 0 saturated heterocycles. The van der Waals surface area contributed by atoms with Crippen LogP contribution in [0.25, 0.3) is 0 Å². The highest BCUT2D eigenvalue weighted by molar-refractivity contribution is 14.0. The van der Waals surface area contributed by atoms with Crippen LogP contribution in [0.3, 0.4) is 0 Å². The summed E-state index contributed by atoms with van der Waals surface area (Å²) < 4.78 is 13.0. The molecule has 11 heteroatoms. The van der Waals surface area contributed by atoms with Gasteiger partial charge in [-0.3, -0.25) is 14.9 Å². The highest BCUT2D eigenvalue weighted by Crippen LogP contribution is 2.18. The third-order valence-corrected chi connectivity index (χ3v) is 5.27. The van der Waals surface area contributed by atoms with Crippen LogP contribution >= 0.6 is 35.7 Å². The molecule has 0 spiro atoms. The Hall–Kier alpha value is -2.41. The molecule has 1 amide bonds. The van der Waals surface area contributed by atoms with Gasteiger partial charge in [-0.05, 0) is 42.0 Å². The van der Waals surface area contributed by atoms with Gasteiger partial charge in [0.1, 0.15) is 5.82 Å². The molecule has 0 aromatic heterocycles. The van der Waals surface area contributed by atoms with Crippen LogP contribution in [0.4, 0.5) is 10.1 Å². The number of halogens is 2. The molecule has 32 heavy (non-hydrogen) atoms.